The van der Waals surface area contributed by atoms with E-state index < -0.39 is 0 Å². The molecule has 1 aromatic heterocycles. The Morgan fingerprint density at radius 3 is 2.31 bits per heavy atom. The molecule has 0 fully saturated rings. The van der Waals surface area contributed by atoms with Gasteiger partial charge in [0, 0.05) is 13.6 Å². The first-order valence-corrected chi connectivity index (χ1v) is 4.66. The number of hydrogen-bond acceptors (Lipinski definition) is 3. The van der Waals surface area contributed by atoms with Crippen LogP contribution in [0.5, 0.6) is 0 Å². The summed E-state index contributed by atoms with van der Waals surface area (Å²) in [6.45, 7) is 6.76. The SMILES string of the molecule is CCN(C)c1nc(C)c(C)nc1Cl. The topological polar surface area (TPSA) is 29.0 Å². The Kier molecular flexibility index (Phi) is 3.09. The number of aromatic nitrogens is 2. The van der Waals surface area contributed by atoms with Crippen LogP contribution in [0.15, 0.2) is 0 Å². The standard InChI is InChI=1S/C9H14ClN3/c1-5-13(4)9-8(10)11-6(2)7(3)12-9/h5H2,1-4H3. The van der Waals surface area contributed by atoms with Crippen molar-refractivity contribution in [1.82, 2.24) is 9.97 Å². The fourth-order valence-corrected chi connectivity index (χ4v) is 1.27. The summed E-state index contributed by atoms with van der Waals surface area (Å²) in [6.07, 6.45) is 0. The van der Waals surface area contributed by atoms with Gasteiger partial charge in [-0.05, 0) is 20.8 Å². The molecule has 0 aliphatic carbocycles. The second-order valence-corrected chi connectivity index (χ2v) is 3.38. The van der Waals surface area contributed by atoms with Crippen molar-refractivity contribution in [3.05, 3.63) is 16.5 Å². The molecule has 1 rings (SSSR count). The van der Waals surface area contributed by atoms with Crippen molar-refractivity contribution < 1.29 is 0 Å². The van der Waals surface area contributed by atoms with Gasteiger partial charge in [0.2, 0.25) is 0 Å². The molecule has 72 valence electrons. The Bertz CT molecular complexity index is 312. The average molecular weight is 200 g/mol. The van der Waals surface area contributed by atoms with Crippen LogP contribution in [-0.4, -0.2) is 23.6 Å². The third-order valence-electron chi connectivity index (χ3n) is 2.08. The average Bonchev–Trinajstić information content (AvgIpc) is 2.10. The van der Waals surface area contributed by atoms with Crippen LogP contribution in [0.2, 0.25) is 5.15 Å². The van der Waals surface area contributed by atoms with Crippen LogP contribution in [0.1, 0.15) is 18.3 Å². The summed E-state index contributed by atoms with van der Waals surface area (Å²) in [5.41, 5.74) is 1.82. The molecule has 0 unspecified atom stereocenters. The van der Waals surface area contributed by atoms with E-state index in [1.165, 1.54) is 0 Å². The second kappa shape index (κ2) is 3.92. The Morgan fingerprint density at radius 1 is 1.23 bits per heavy atom. The minimum atomic E-state index is 0.479. The maximum Gasteiger partial charge on any atom is 0.171 e. The first-order chi connectivity index (χ1) is 6.06. The summed E-state index contributed by atoms with van der Waals surface area (Å²) in [6, 6.07) is 0. The zero-order valence-electron chi connectivity index (χ0n) is 8.43. The summed E-state index contributed by atoms with van der Waals surface area (Å²) in [4.78, 5) is 10.6. The highest BCUT2D eigenvalue weighted by molar-refractivity contribution is 6.31. The van der Waals surface area contributed by atoms with E-state index in [-0.39, 0.29) is 0 Å². The van der Waals surface area contributed by atoms with E-state index in [1.807, 2.05) is 32.7 Å². The first kappa shape index (κ1) is 10.3. The van der Waals surface area contributed by atoms with Gasteiger partial charge < -0.3 is 4.90 Å². The van der Waals surface area contributed by atoms with Crippen LogP contribution in [0, 0.1) is 13.8 Å². The summed E-state index contributed by atoms with van der Waals surface area (Å²) < 4.78 is 0. The van der Waals surface area contributed by atoms with Gasteiger partial charge in [-0.25, -0.2) is 9.97 Å². The molecule has 0 saturated heterocycles. The molecule has 0 aromatic carbocycles. The maximum atomic E-state index is 5.96. The van der Waals surface area contributed by atoms with Crippen LogP contribution in [0.3, 0.4) is 0 Å². The van der Waals surface area contributed by atoms with Gasteiger partial charge >= 0.3 is 0 Å². The van der Waals surface area contributed by atoms with E-state index in [0.29, 0.717) is 5.15 Å². The molecule has 0 bridgehead atoms. The number of anilines is 1. The molecule has 4 heteroatoms. The summed E-state index contributed by atoms with van der Waals surface area (Å²) in [5.74, 6) is 0.757. The van der Waals surface area contributed by atoms with E-state index in [0.717, 1.165) is 23.8 Å². The van der Waals surface area contributed by atoms with Gasteiger partial charge in [0.05, 0.1) is 11.4 Å². The molecule has 0 aliphatic heterocycles. The summed E-state index contributed by atoms with van der Waals surface area (Å²) in [7, 11) is 1.95. The van der Waals surface area contributed by atoms with Crippen LogP contribution < -0.4 is 4.90 Å². The Morgan fingerprint density at radius 2 is 1.77 bits per heavy atom. The minimum absolute atomic E-state index is 0.479. The van der Waals surface area contributed by atoms with Gasteiger partial charge in [0.25, 0.3) is 0 Å². The van der Waals surface area contributed by atoms with Crippen molar-refractivity contribution in [2.24, 2.45) is 0 Å². The third kappa shape index (κ3) is 2.10. The van der Waals surface area contributed by atoms with Gasteiger partial charge in [-0.2, -0.15) is 0 Å². The minimum Gasteiger partial charge on any atom is -0.357 e. The van der Waals surface area contributed by atoms with E-state index in [1.54, 1.807) is 0 Å². The highest BCUT2D eigenvalue weighted by atomic mass is 35.5. The predicted octanol–water partition coefficient (Wildman–Crippen LogP) is 2.20. The Balaban J connectivity index is 3.15. The molecule has 0 N–H and O–H groups in total. The van der Waals surface area contributed by atoms with Gasteiger partial charge in [-0.1, -0.05) is 11.6 Å². The number of rotatable bonds is 2. The zero-order chi connectivity index (χ0) is 10.0. The molecule has 13 heavy (non-hydrogen) atoms. The Labute approximate surface area is 83.8 Å². The van der Waals surface area contributed by atoms with Gasteiger partial charge in [-0.15, -0.1) is 0 Å². The van der Waals surface area contributed by atoms with Crippen molar-refractivity contribution in [2.45, 2.75) is 20.8 Å². The maximum absolute atomic E-state index is 5.96. The van der Waals surface area contributed by atoms with Gasteiger partial charge in [0.15, 0.2) is 11.0 Å². The molecule has 0 saturated carbocycles. The normalized spacial score (nSPS) is 10.2. The van der Waals surface area contributed by atoms with E-state index in [9.17, 15) is 0 Å². The molecule has 1 heterocycles. The summed E-state index contributed by atoms with van der Waals surface area (Å²) >= 11 is 5.96. The molecular formula is C9H14ClN3. The lowest BCUT2D eigenvalue weighted by Crippen LogP contribution is -2.18. The Hall–Kier alpha value is -0.830. The zero-order valence-corrected chi connectivity index (χ0v) is 9.18. The molecule has 0 aliphatic rings. The van der Waals surface area contributed by atoms with Crippen molar-refractivity contribution in [1.29, 1.82) is 0 Å². The lowest BCUT2D eigenvalue weighted by atomic mass is 10.3. The highest BCUT2D eigenvalue weighted by Gasteiger charge is 2.09. The van der Waals surface area contributed by atoms with E-state index in [4.69, 9.17) is 11.6 Å². The van der Waals surface area contributed by atoms with Crippen LogP contribution >= 0.6 is 11.6 Å². The van der Waals surface area contributed by atoms with Crippen LogP contribution in [-0.2, 0) is 0 Å². The predicted molar refractivity (Wildman–Crippen MR) is 55.5 cm³/mol. The number of hydrogen-bond donors (Lipinski definition) is 0. The van der Waals surface area contributed by atoms with E-state index >= 15 is 0 Å². The molecule has 0 amide bonds. The smallest absolute Gasteiger partial charge is 0.171 e. The van der Waals surface area contributed by atoms with Crippen molar-refractivity contribution in [3.8, 4) is 0 Å². The number of aryl methyl sites for hydroxylation is 2. The van der Waals surface area contributed by atoms with Gasteiger partial charge in [0.1, 0.15) is 0 Å². The monoisotopic (exact) mass is 199 g/mol. The molecule has 3 nitrogen and oxygen atoms in total. The van der Waals surface area contributed by atoms with Crippen molar-refractivity contribution in [2.75, 3.05) is 18.5 Å². The van der Waals surface area contributed by atoms with Crippen LogP contribution in [0.4, 0.5) is 5.82 Å². The van der Waals surface area contributed by atoms with Crippen LogP contribution in [0.25, 0.3) is 0 Å². The fraction of sp³-hybridized carbons (Fsp3) is 0.556. The number of nitrogens with zero attached hydrogens (tertiary/aromatic N) is 3. The lowest BCUT2D eigenvalue weighted by Gasteiger charge is -2.17. The largest absolute Gasteiger partial charge is 0.357 e. The quantitative estimate of drug-likeness (QED) is 0.732. The van der Waals surface area contributed by atoms with E-state index in [2.05, 4.69) is 9.97 Å². The third-order valence-corrected chi connectivity index (χ3v) is 2.34. The van der Waals surface area contributed by atoms with Crippen molar-refractivity contribution in [3.63, 3.8) is 0 Å². The molecule has 1 aromatic rings. The van der Waals surface area contributed by atoms with Gasteiger partial charge in [-0.3, -0.25) is 0 Å². The second-order valence-electron chi connectivity index (χ2n) is 3.02. The van der Waals surface area contributed by atoms with Crippen molar-refractivity contribution >= 4 is 17.4 Å². The molecule has 0 spiro atoms. The first-order valence-electron chi connectivity index (χ1n) is 4.28. The molecular weight excluding hydrogens is 186 g/mol. The molecule has 0 atom stereocenters. The lowest BCUT2D eigenvalue weighted by molar-refractivity contribution is 0.908. The molecule has 0 radical (unpaired) electrons. The number of halogens is 1. The highest BCUT2D eigenvalue weighted by Crippen LogP contribution is 2.21. The fourth-order valence-electron chi connectivity index (χ4n) is 0.957. The summed E-state index contributed by atoms with van der Waals surface area (Å²) in [5, 5.41) is 0.479.